The summed E-state index contributed by atoms with van der Waals surface area (Å²) in [4.78, 5) is 11.9. The van der Waals surface area contributed by atoms with Gasteiger partial charge < -0.3 is 11.1 Å². The molecule has 1 amide bonds. The lowest BCUT2D eigenvalue weighted by Gasteiger charge is -2.06. The molecule has 0 heterocycles. The number of benzene rings is 2. The summed E-state index contributed by atoms with van der Waals surface area (Å²) in [6.07, 6.45) is 0.998. The van der Waals surface area contributed by atoms with E-state index in [0.717, 1.165) is 5.56 Å². The van der Waals surface area contributed by atoms with E-state index in [9.17, 15) is 4.79 Å². The Morgan fingerprint density at radius 2 is 1.95 bits per heavy atom. The first-order chi connectivity index (χ1) is 10.1. The number of carbonyl (C=O) groups is 1. The Morgan fingerprint density at radius 3 is 2.57 bits per heavy atom. The van der Waals surface area contributed by atoms with Crippen molar-refractivity contribution in [3.8, 4) is 6.07 Å². The average molecular weight is 300 g/mol. The van der Waals surface area contributed by atoms with E-state index in [0.29, 0.717) is 34.8 Å². The third kappa shape index (κ3) is 4.23. The number of nitrogens with two attached hydrogens (primary N) is 1. The zero-order chi connectivity index (χ0) is 15.2. The number of nitrogens with zero attached hydrogens (tertiary/aromatic N) is 1. The number of hydrogen-bond donors (Lipinski definition) is 2. The van der Waals surface area contributed by atoms with Crippen molar-refractivity contribution in [3.63, 3.8) is 0 Å². The highest BCUT2D eigenvalue weighted by Crippen LogP contribution is 2.20. The van der Waals surface area contributed by atoms with Crippen LogP contribution in [0, 0.1) is 11.3 Å². The summed E-state index contributed by atoms with van der Waals surface area (Å²) in [6.45, 7) is 0. The van der Waals surface area contributed by atoms with E-state index >= 15 is 0 Å². The Labute approximate surface area is 128 Å². The van der Waals surface area contributed by atoms with Gasteiger partial charge in [0.2, 0.25) is 5.91 Å². The van der Waals surface area contributed by atoms with Gasteiger partial charge in [-0.05, 0) is 42.3 Å². The average Bonchev–Trinajstić information content (AvgIpc) is 2.47. The predicted molar refractivity (Wildman–Crippen MR) is 84.0 cm³/mol. The van der Waals surface area contributed by atoms with E-state index in [1.165, 1.54) is 0 Å². The summed E-state index contributed by atoms with van der Waals surface area (Å²) in [5.41, 5.74) is 8.34. The van der Waals surface area contributed by atoms with Gasteiger partial charge in [0.15, 0.2) is 0 Å². The number of anilines is 2. The lowest BCUT2D eigenvalue weighted by atomic mass is 10.1. The molecule has 0 atom stereocenters. The molecule has 0 aliphatic rings. The normalized spacial score (nSPS) is 9.90. The summed E-state index contributed by atoms with van der Waals surface area (Å²) in [6, 6.07) is 14.2. The summed E-state index contributed by atoms with van der Waals surface area (Å²) < 4.78 is 0. The van der Waals surface area contributed by atoms with Crippen molar-refractivity contribution in [1.82, 2.24) is 0 Å². The van der Waals surface area contributed by atoms with Crippen LogP contribution in [0.1, 0.15) is 17.5 Å². The number of aryl methyl sites for hydroxylation is 1. The SMILES string of the molecule is N#Cc1ccc(NC(=O)CCc2ccc(N)cc2)cc1Cl. The van der Waals surface area contributed by atoms with Crippen LogP contribution in [0.3, 0.4) is 0 Å². The molecular weight excluding hydrogens is 286 g/mol. The van der Waals surface area contributed by atoms with Crippen molar-refractivity contribution in [2.45, 2.75) is 12.8 Å². The zero-order valence-electron chi connectivity index (χ0n) is 11.3. The molecule has 0 aliphatic carbocycles. The van der Waals surface area contributed by atoms with Crippen molar-refractivity contribution in [3.05, 3.63) is 58.6 Å². The number of halogens is 1. The number of hydrogen-bond acceptors (Lipinski definition) is 3. The Balaban J connectivity index is 1.91. The van der Waals surface area contributed by atoms with E-state index < -0.39 is 0 Å². The van der Waals surface area contributed by atoms with Gasteiger partial charge in [-0.2, -0.15) is 5.26 Å². The number of nitrogens with one attached hydrogen (secondary N) is 1. The third-order valence-corrected chi connectivity index (χ3v) is 3.31. The van der Waals surface area contributed by atoms with E-state index in [2.05, 4.69) is 5.32 Å². The quantitative estimate of drug-likeness (QED) is 0.850. The molecule has 0 saturated heterocycles. The maximum absolute atomic E-state index is 11.9. The van der Waals surface area contributed by atoms with Crippen LogP contribution in [0.2, 0.25) is 5.02 Å². The van der Waals surface area contributed by atoms with Gasteiger partial charge in [0.1, 0.15) is 6.07 Å². The second-order valence-corrected chi connectivity index (χ2v) is 5.00. The molecule has 2 rings (SSSR count). The van der Waals surface area contributed by atoms with Crippen LogP contribution >= 0.6 is 11.6 Å². The van der Waals surface area contributed by atoms with Gasteiger partial charge in [0.25, 0.3) is 0 Å². The van der Waals surface area contributed by atoms with Crippen molar-refractivity contribution in [2.75, 3.05) is 11.1 Å². The fraction of sp³-hybridized carbons (Fsp3) is 0.125. The molecule has 0 spiro atoms. The first-order valence-electron chi connectivity index (χ1n) is 6.42. The van der Waals surface area contributed by atoms with E-state index in [1.54, 1.807) is 18.2 Å². The number of nitriles is 1. The molecule has 0 aliphatic heterocycles. The molecule has 0 fully saturated rings. The second-order valence-electron chi connectivity index (χ2n) is 4.60. The smallest absolute Gasteiger partial charge is 0.224 e. The summed E-state index contributed by atoms with van der Waals surface area (Å²) >= 11 is 5.92. The van der Waals surface area contributed by atoms with E-state index in [-0.39, 0.29) is 5.91 Å². The number of nitrogen functional groups attached to an aromatic ring is 1. The van der Waals surface area contributed by atoms with Crippen LogP contribution in [-0.2, 0) is 11.2 Å². The lowest BCUT2D eigenvalue weighted by Crippen LogP contribution is -2.12. The van der Waals surface area contributed by atoms with Crippen LogP contribution in [0.15, 0.2) is 42.5 Å². The first kappa shape index (κ1) is 14.9. The molecule has 0 aromatic heterocycles. The Bertz CT molecular complexity index is 690. The molecule has 0 bridgehead atoms. The molecule has 21 heavy (non-hydrogen) atoms. The molecular formula is C16H14ClN3O. The van der Waals surface area contributed by atoms with Gasteiger partial charge in [0.05, 0.1) is 10.6 Å². The maximum atomic E-state index is 11.9. The third-order valence-electron chi connectivity index (χ3n) is 2.99. The standard InChI is InChI=1S/C16H14ClN3O/c17-15-9-14(7-4-12(15)10-18)20-16(21)8-3-11-1-5-13(19)6-2-11/h1-2,4-7,9H,3,8,19H2,(H,20,21). The summed E-state index contributed by atoms with van der Waals surface area (Å²) in [5, 5.41) is 11.9. The van der Waals surface area contributed by atoms with Gasteiger partial charge in [-0.15, -0.1) is 0 Å². The Kier molecular flexibility index (Phi) is 4.81. The van der Waals surface area contributed by atoms with Crippen LogP contribution < -0.4 is 11.1 Å². The van der Waals surface area contributed by atoms with Crippen molar-refractivity contribution >= 4 is 28.9 Å². The number of rotatable bonds is 4. The lowest BCUT2D eigenvalue weighted by molar-refractivity contribution is -0.116. The minimum Gasteiger partial charge on any atom is -0.399 e. The van der Waals surface area contributed by atoms with Crippen LogP contribution in [0.25, 0.3) is 0 Å². The van der Waals surface area contributed by atoms with Crippen molar-refractivity contribution < 1.29 is 4.79 Å². The van der Waals surface area contributed by atoms with Gasteiger partial charge in [0, 0.05) is 17.8 Å². The fourth-order valence-corrected chi connectivity index (χ4v) is 2.07. The summed E-state index contributed by atoms with van der Waals surface area (Å²) in [7, 11) is 0. The topological polar surface area (TPSA) is 78.9 Å². The van der Waals surface area contributed by atoms with Crippen LogP contribution in [-0.4, -0.2) is 5.91 Å². The monoisotopic (exact) mass is 299 g/mol. The van der Waals surface area contributed by atoms with Gasteiger partial charge >= 0.3 is 0 Å². The molecule has 0 unspecified atom stereocenters. The minimum absolute atomic E-state index is 0.104. The van der Waals surface area contributed by atoms with Crippen LogP contribution in [0.5, 0.6) is 0 Å². The molecule has 0 saturated carbocycles. The number of carbonyl (C=O) groups excluding carboxylic acids is 1. The van der Waals surface area contributed by atoms with Crippen molar-refractivity contribution in [1.29, 1.82) is 5.26 Å². The van der Waals surface area contributed by atoms with Gasteiger partial charge in [-0.25, -0.2) is 0 Å². The van der Waals surface area contributed by atoms with Gasteiger partial charge in [-0.3, -0.25) is 4.79 Å². The number of amides is 1. The predicted octanol–water partition coefficient (Wildman–Crippen LogP) is 3.37. The molecule has 3 N–H and O–H groups in total. The zero-order valence-corrected chi connectivity index (χ0v) is 12.0. The second kappa shape index (κ2) is 6.78. The highest BCUT2D eigenvalue weighted by molar-refractivity contribution is 6.32. The Morgan fingerprint density at radius 1 is 1.24 bits per heavy atom. The maximum Gasteiger partial charge on any atom is 0.224 e. The molecule has 5 heteroatoms. The Hall–Kier alpha value is -2.51. The van der Waals surface area contributed by atoms with E-state index in [1.807, 2.05) is 30.3 Å². The highest BCUT2D eigenvalue weighted by Gasteiger charge is 2.06. The minimum atomic E-state index is -0.104. The van der Waals surface area contributed by atoms with Gasteiger partial charge in [-0.1, -0.05) is 23.7 Å². The molecule has 2 aromatic rings. The highest BCUT2D eigenvalue weighted by atomic mass is 35.5. The molecule has 2 aromatic carbocycles. The van der Waals surface area contributed by atoms with E-state index in [4.69, 9.17) is 22.6 Å². The molecule has 0 radical (unpaired) electrons. The first-order valence-corrected chi connectivity index (χ1v) is 6.80. The summed E-state index contributed by atoms with van der Waals surface area (Å²) in [5.74, 6) is -0.104. The fourth-order valence-electron chi connectivity index (χ4n) is 1.85. The molecule has 106 valence electrons. The van der Waals surface area contributed by atoms with Crippen molar-refractivity contribution in [2.24, 2.45) is 0 Å². The largest absolute Gasteiger partial charge is 0.399 e. The van der Waals surface area contributed by atoms with Crippen LogP contribution in [0.4, 0.5) is 11.4 Å². The molecule has 4 nitrogen and oxygen atoms in total.